The molecule has 3 aromatic rings. The average molecular weight is 414 g/mol. The number of imidazole rings is 1. The van der Waals surface area contributed by atoms with Crippen molar-refractivity contribution in [1.29, 1.82) is 0 Å². The number of amides is 1. The average Bonchev–Trinajstić information content (AvgIpc) is 3.33. The van der Waals surface area contributed by atoms with E-state index in [-0.39, 0.29) is 11.8 Å². The number of nitrogens with zero attached hydrogens (tertiary/aromatic N) is 4. The minimum Gasteiger partial charge on any atom is -0.320 e. The van der Waals surface area contributed by atoms with Gasteiger partial charge in [0.25, 0.3) is 0 Å². The van der Waals surface area contributed by atoms with Gasteiger partial charge in [0.1, 0.15) is 0 Å². The van der Waals surface area contributed by atoms with Gasteiger partial charge < -0.3 is 14.5 Å². The smallest absolute Gasteiger partial charge is 0.230 e. The number of carbonyl (C=O) groups is 1. The Morgan fingerprint density at radius 1 is 1.36 bits per heavy atom. The highest BCUT2D eigenvalue weighted by Crippen LogP contribution is 2.23. The van der Waals surface area contributed by atoms with Crippen molar-refractivity contribution in [1.82, 2.24) is 19.0 Å². The van der Waals surface area contributed by atoms with Gasteiger partial charge in [0.2, 0.25) is 5.91 Å². The van der Waals surface area contributed by atoms with Crippen LogP contribution in [0.1, 0.15) is 12.8 Å². The van der Waals surface area contributed by atoms with Gasteiger partial charge in [-0.05, 0) is 37.2 Å². The molecule has 6 nitrogen and oxygen atoms in total. The Hall–Kier alpha value is -2.29. The lowest BCUT2D eigenvalue weighted by Gasteiger charge is -2.31. The first-order valence-corrected chi connectivity index (χ1v) is 10.6. The number of carbonyl (C=O) groups excluding carboxylic acids is 1. The molecule has 1 aliphatic heterocycles. The van der Waals surface area contributed by atoms with E-state index in [1.807, 2.05) is 35.2 Å². The summed E-state index contributed by atoms with van der Waals surface area (Å²) in [5, 5.41) is 5.46. The standard InChI is InChI=1S/C20H23N5OS2/c1-23-17(15-6-3-2-4-7-15)13-25(20(23)27)14-24-10-5-8-16(12-24)18(26)22-19-21-9-11-28-19/h2-4,6-7,9,11,13,16H,5,8,10,12,14H2,1H3,(H,21,22,26). The molecule has 0 saturated carbocycles. The summed E-state index contributed by atoms with van der Waals surface area (Å²) in [6, 6.07) is 10.3. The Balaban J connectivity index is 1.45. The Morgan fingerprint density at radius 3 is 2.93 bits per heavy atom. The topological polar surface area (TPSA) is 55.1 Å². The zero-order valence-corrected chi connectivity index (χ0v) is 17.4. The highest BCUT2D eigenvalue weighted by molar-refractivity contribution is 7.71. The fourth-order valence-corrected chi connectivity index (χ4v) is 4.41. The van der Waals surface area contributed by atoms with E-state index in [9.17, 15) is 4.79 Å². The number of rotatable bonds is 5. The number of hydrogen-bond acceptors (Lipinski definition) is 5. The molecule has 1 amide bonds. The molecule has 8 heteroatoms. The maximum Gasteiger partial charge on any atom is 0.230 e. The van der Waals surface area contributed by atoms with Crippen molar-refractivity contribution in [2.75, 3.05) is 18.4 Å². The number of aromatic nitrogens is 3. The number of piperidine rings is 1. The number of hydrogen-bond donors (Lipinski definition) is 1. The lowest BCUT2D eigenvalue weighted by molar-refractivity contribution is -0.121. The van der Waals surface area contributed by atoms with Crippen molar-refractivity contribution in [3.8, 4) is 11.3 Å². The first kappa shape index (κ1) is 19.0. The molecule has 0 radical (unpaired) electrons. The molecule has 0 bridgehead atoms. The van der Waals surface area contributed by atoms with Gasteiger partial charge in [-0.3, -0.25) is 9.69 Å². The van der Waals surface area contributed by atoms with Crippen LogP contribution in [0.4, 0.5) is 5.13 Å². The van der Waals surface area contributed by atoms with E-state index in [1.54, 1.807) is 6.20 Å². The SMILES string of the molecule is Cn1c(-c2ccccc2)cn(CN2CCCC(C(=O)Nc3nccs3)C2)c1=S. The van der Waals surface area contributed by atoms with Gasteiger partial charge in [-0.2, -0.15) is 0 Å². The molecule has 1 saturated heterocycles. The first-order chi connectivity index (χ1) is 13.6. The Labute approximate surface area is 173 Å². The molecule has 1 N–H and O–H groups in total. The Kier molecular flexibility index (Phi) is 5.70. The normalized spacial score (nSPS) is 17.5. The van der Waals surface area contributed by atoms with Crippen LogP contribution in [0.25, 0.3) is 11.3 Å². The number of anilines is 1. The third-order valence-electron chi connectivity index (χ3n) is 5.13. The van der Waals surface area contributed by atoms with Crippen LogP contribution in [0.2, 0.25) is 0 Å². The van der Waals surface area contributed by atoms with E-state index in [0.29, 0.717) is 11.8 Å². The molecule has 1 aliphatic rings. The zero-order valence-electron chi connectivity index (χ0n) is 15.7. The van der Waals surface area contributed by atoms with Crippen molar-refractivity contribution in [3.63, 3.8) is 0 Å². The molecule has 2 aromatic heterocycles. The Bertz CT molecular complexity index is 994. The van der Waals surface area contributed by atoms with Gasteiger partial charge in [-0.15, -0.1) is 11.3 Å². The maximum atomic E-state index is 12.6. The molecule has 0 aliphatic carbocycles. The summed E-state index contributed by atoms with van der Waals surface area (Å²) in [4.78, 5) is 19.0. The molecule has 4 rings (SSSR count). The molecule has 28 heavy (non-hydrogen) atoms. The van der Waals surface area contributed by atoms with Crippen LogP contribution in [-0.4, -0.2) is 38.0 Å². The molecule has 1 unspecified atom stereocenters. The van der Waals surface area contributed by atoms with Crippen LogP contribution in [-0.2, 0) is 18.5 Å². The fraction of sp³-hybridized carbons (Fsp3) is 0.350. The van der Waals surface area contributed by atoms with E-state index < -0.39 is 0 Å². The number of thiazole rings is 1. The monoisotopic (exact) mass is 413 g/mol. The zero-order chi connectivity index (χ0) is 19.5. The minimum absolute atomic E-state index is 0.0240. The third kappa shape index (κ3) is 4.09. The summed E-state index contributed by atoms with van der Waals surface area (Å²) < 4.78 is 4.92. The molecule has 1 aromatic carbocycles. The van der Waals surface area contributed by atoms with Crippen molar-refractivity contribution >= 4 is 34.6 Å². The summed E-state index contributed by atoms with van der Waals surface area (Å²) in [7, 11) is 2.00. The van der Waals surface area contributed by atoms with Gasteiger partial charge in [0.05, 0.1) is 18.3 Å². The van der Waals surface area contributed by atoms with Crippen molar-refractivity contribution in [2.45, 2.75) is 19.5 Å². The molecule has 146 valence electrons. The van der Waals surface area contributed by atoms with Crippen molar-refractivity contribution in [2.24, 2.45) is 13.0 Å². The molecule has 1 atom stereocenters. The third-order valence-corrected chi connectivity index (χ3v) is 6.33. The summed E-state index contributed by atoms with van der Waals surface area (Å²) in [5.41, 5.74) is 2.25. The van der Waals surface area contributed by atoms with Crippen molar-refractivity contribution < 1.29 is 4.79 Å². The maximum absolute atomic E-state index is 12.6. The number of benzene rings is 1. The van der Waals surface area contributed by atoms with E-state index >= 15 is 0 Å². The minimum atomic E-state index is -0.0240. The summed E-state index contributed by atoms with van der Waals surface area (Å²) >= 11 is 7.10. The van der Waals surface area contributed by atoms with E-state index in [1.165, 1.54) is 11.3 Å². The largest absolute Gasteiger partial charge is 0.320 e. The predicted molar refractivity (Wildman–Crippen MR) is 115 cm³/mol. The van der Waals surface area contributed by atoms with Gasteiger partial charge in [-0.1, -0.05) is 30.3 Å². The van der Waals surface area contributed by atoms with E-state index in [2.05, 4.69) is 38.1 Å². The lowest BCUT2D eigenvalue weighted by atomic mass is 9.97. The molecular formula is C20H23N5OS2. The molecular weight excluding hydrogens is 390 g/mol. The predicted octanol–water partition coefficient (Wildman–Crippen LogP) is 3.99. The second-order valence-electron chi connectivity index (χ2n) is 7.08. The van der Waals surface area contributed by atoms with E-state index in [4.69, 9.17) is 12.2 Å². The number of likely N-dealkylation sites (tertiary alicyclic amines) is 1. The fourth-order valence-electron chi connectivity index (χ4n) is 3.67. The molecule has 0 spiro atoms. The van der Waals surface area contributed by atoms with Gasteiger partial charge in [0.15, 0.2) is 9.90 Å². The van der Waals surface area contributed by atoms with Crippen LogP contribution in [0.3, 0.4) is 0 Å². The Morgan fingerprint density at radius 2 is 2.18 bits per heavy atom. The van der Waals surface area contributed by atoms with Crippen LogP contribution < -0.4 is 5.32 Å². The summed E-state index contributed by atoms with van der Waals surface area (Å²) in [6.07, 6.45) is 5.72. The second-order valence-corrected chi connectivity index (χ2v) is 8.34. The highest BCUT2D eigenvalue weighted by Gasteiger charge is 2.26. The summed E-state index contributed by atoms with van der Waals surface area (Å²) in [5.74, 6) is 0.0328. The van der Waals surface area contributed by atoms with Crippen molar-refractivity contribution in [3.05, 3.63) is 52.9 Å². The lowest BCUT2D eigenvalue weighted by Crippen LogP contribution is -2.41. The quantitative estimate of drug-likeness (QED) is 0.643. The molecule has 3 heterocycles. The van der Waals surface area contributed by atoms with Crippen LogP contribution in [0.5, 0.6) is 0 Å². The van der Waals surface area contributed by atoms with Gasteiger partial charge in [0, 0.05) is 31.4 Å². The number of nitrogens with one attached hydrogen (secondary N) is 1. The second kappa shape index (κ2) is 8.38. The summed E-state index contributed by atoms with van der Waals surface area (Å²) in [6.45, 7) is 2.40. The molecule has 1 fully saturated rings. The van der Waals surface area contributed by atoms with E-state index in [0.717, 1.165) is 42.0 Å². The van der Waals surface area contributed by atoms with Crippen LogP contribution in [0, 0.1) is 10.7 Å². The van der Waals surface area contributed by atoms with Crippen LogP contribution >= 0.6 is 23.6 Å². The van der Waals surface area contributed by atoms with Crippen LogP contribution in [0.15, 0.2) is 48.1 Å². The highest BCUT2D eigenvalue weighted by atomic mass is 32.1. The van der Waals surface area contributed by atoms with Gasteiger partial charge >= 0.3 is 0 Å². The van der Waals surface area contributed by atoms with Gasteiger partial charge in [-0.25, -0.2) is 4.98 Å². The first-order valence-electron chi connectivity index (χ1n) is 9.36.